The molecule has 0 amide bonds. The van der Waals surface area contributed by atoms with Crippen LogP contribution in [0.4, 0.5) is 0 Å². The van der Waals surface area contributed by atoms with Crippen LogP contribution in [0.15, 0.2) is 22.7 Å². The van der Waals surface area contributed by atoms with Crippen LogP contribution >= 0.6 is 31.9 Å². The van der Waals surface area contributed by atoms with E-state index in [1.165, 1.54) is 14.9 Å². The Bertz CT molecular complexity index is 405. The molecule has 0 aliphatic rings. The van der Waals surface area contributed by atoms with E-state index >= 15 is 0 Å². The molecule has 0 saturated heterocycles. The highest BCUT2D eigenvalue weighted by atomic mass is 79.9. The molecule has 0 nitrogen and oxygen atoms in total. The maximum Gasteiger partial charge on any atom is 0.0181 e. The number of rotatable bonds is 1. The molecule has 0 atom stereocenters. The second kappa shape index (κ2) is 4.97. The molecule has 0 bridgehead atoms. The maximum atomic E-state index is 3.58. The van der Waals surface area contributed by atoms with Crippen molar-refractivity contribution in [1.82, 2.24) is 0 Å². The lowest BCUT2D eigenvalue weighted by Crippen LogP contribution is -2.25. The van der Waals surface area contributed by atoms with Gasteiger partial charge in [0, 0.05) is 8.96 Å². The Morgan fingerprint density at radius 3 is 2.69 bits per heavy atom. The summed E-state index contributed by atoms with van der Waals surface area (Å²) >= 11 is 7.05. The fourth-order valence-electron chi connectivity index (χ4n) is 1.21. The molecule has 13 heavy (non-hydrogen) atoms. The highest BCUT2D eigenvalue weighted by Crippen LogP contribution is 2.08. The molecule has 0 aliphatic heterocycles. The van der Waals surface area contributed by atoms with Gasteiger partial charge < -0.3 is 0 Å². The Labute approximate surface area is 95.6 Å². The number of benzene rings is 1. The van der Waals surface area contributed by atoms with Crippen LogP contribution in [0.25, 0.3) is 10.6 Å². The summed E-state index contributed by atoms with van der Waals surface area (Å²) in [5, 5.41) is 2.55. The molecule has 1 aromatic carbocycles. The van der Waals surface area contributed by atoms with Crippen molar-refractivity contribution in [3.05, 3.63) is 33.1 Å². The molecule has 0 unspecified atom stereocenters. The van der Waals surface area contributed by atoms with Crippen molar-refractivity contribution in [3.63, 3.8) is 0 Å². The number of halogens is 2. The molecule has 0 radical (unpaired) electrons. The standard InChI is InChI=1S/C11H12Br2/c1-3-8-7-9(12)5-6-10(8)11(13)4-2/h3,5-7H,4H2,1-2H3/b8-3-,11-10+. The molecule has 0 aliphatic carbocycles. The average molecular weight is 304 g/mol. The third-order valence-electron chi connectivity index (χ3n) is 1.93. The van der Waals surface area contributed by atoms with Gasteiger partial charge in [-0.2, -0.15) is 0 Å². The molecule has 0 aromatic heterocycles. The zero-order valence-electron chi connectivity index (χ0n) is 7.77. The van der Waals surface area contributed by atoms with E-state index in [-0.39, 0.29) is 0 Å². The minimum Gasteiger partial charge on any atom is -0.0797 e. The predicted octanol–water partition coefficient (Wildman–Crippen LogP) is 3.16. The van der Waals surface area contributed by atoms with Crippen LogP contribution in [-0.2, 0) is 0 Å². The Balaban J connectivity index is 3.58. The van der Waals surface area contributed by atoms with Crippen LogP contribution in [0.2, 0.25) is 0 Å². The number of hydrogen-bond donors (Lipinski definition) is 0. The lowest BCUT2D eigenvalue weighted by atomic mass is 10.2. The molecular formula is C11H12Br2. The maximum absolute atomic E-state index is 3.58. The van der Waals surface area contributed by atoms with Crippen LogP contribution in [0.1, 0.15) is 20.3 Å². The first-order valence-corrected chi connectivity index (χ1v) is 5.88. The summed E-state index contributed by atoms with van der Waals surface area (Å²) in [6.07, 6.45) is 3.15. The molecule has 1 aromatic rings. The Morgan fingerprint density at radius 1 is 1.46 bits per heavy atom. The van der Waals surface area contributed by atoms with E-state index in [1.54, 1.807) is 0 Å². The van der Waals surface area contributed by atoms with E-state index < -0.39 is 0 Å². The first-order valence-electron chi connectivity index (χ1n) is 4.29. The minimum atomic E-state index is 1.03. The molecule has 0 heterocycles. The highest BCUT2D eigenvalue weighted by Gasteiger charge is 1.92. The Kier molecular flexibility index (Phi) is 4.20. The van der Waals surface area contributed by atoms with Gasteiger partial charge in [0.1, 0.15) is 0 Å². The Morgan fingerprint density at radius 2 is 2.15 bits per heavy atom. The smallest absolute Gasteiger partial charge is 0.0181 e. The lowest BCUT2D eigenvalue weighted by molar-refractivity contribution is 1.27. The molecule has 70 valence electrons. The monoisotopic (exact) mass is 302 g/mol. The minimum absolute atomic E-state index is 1.03. The van der Waals surface area contributed by atoms with Gasteiger partial charge in [-0.1, -0.05) is 50.9 Å². The first kappa shape index (κ1) is 11.0. The topological polar surface area (TPSA) is 0 Å². The van der Waals surface area contributed by atoms with Gasteiger partial charge in [-0.05, 0) is 35.9 Å². The third kappa shape index (κ3) is 2.68. The van der Waals surface area contributed by atoms with Crippen LogP contribution in [-0.4, -0.2) is 0 Å². The van der Waals surface area contributed by atoms with E-state index in [9.17, 15) is 0 Å². The quantitative estimate of drug-likeness (QED) is 0.747. The van der Waals surface area contributed by atoms with Crippen molar-refractivity contribution < 1.29 is 0 Å². The second-order valence-corrected chi connectivity index (χ2v) is 4.65. The van der Waals surface area contributed by atoms with Crippen LogP contribution in [0, 0.1) is 0 Å². The predicted molar refractivity (Wildman–Crippen MR) is 66.2 cm³/mol. The summed E-state index contributed by atoms with van der Waals surface area (Å²) < 4.78 is 2.38. The Hall–Kier alpha value is -0.0800. The average Bonchev–Trinajstić information content (AvgIpc) is 2.16. The summed E-state index contributed by atoms with van der Waals surface area (Å²) in [5.74, 6) is 0. The summed E-state index contributed by atoms with van der Waals surface area (Å²) in [6, 6.07) is 6.33. The molecule has 0 spiro atoms. The summed E-state index contributed by atoms with van der Waals surface area (Å²) in [7, 11) is 0. The van der Waals surface area contributed by atoms with Crippen molar-refractivity contribution >= 4 is 42.4 Å². The summed E-state index contributed by atoms with van der Waals surface area (Å²) in [6.45, 7) is 4.20. The largest absolute Gasteiger partial charge is 0.0797 e. The van der Waals surface area contributed by atoms with Crippen molar-refractivity contribution in [2.24, 2.45) is 0 Å². The van der Waals surface area contributed by atoms with Gasteiger partial charge in [0.15, 0.2) is 0 Å². The SMILES string of the molecule is C/C=c1/cc(Br)cc/c1=C(\Br)CC. The zero-order valence-corrected chi connectivity index (χ0v) is 10.9. The lowest BCUT2D eigenvalue weighted by Gasteiger charge is -1.96. The van der Waals surface area contributed by atoms with Crippen molar-refractivity contribution in [3.8, 4) is 0 Å². The molecule has 2 heteroatoms. The highest BCUT2D eigenvalue weighted by molar-refractivity contribution is 9.14. The third-order valence-corrected chi connectivity index (χ3v) is 3.41. The van der Waals surface area contributed by atoms with E-state index in [4.69, 9.17) is 0 Å². The van der Waals surface area contributed by atoms with Crippen molar-refractivity contribution in [1.29, 1.82) is 0 Å². The zero-order chi connectivity index (χ0) is 9.84. The van der Waals surface area contributed by atoms with Crippen molar-refractivity contribution in [2.45, 2.75) is 20.3 Å². The summed E-state index contributed by atoms with van der Waals surface area (Å²) in [5.41, 5.74) is 0. The number of hydrogen-bond acceptors (Lipinski definition) is 0. The molecule has 0 saturated carbocycles. The molecule has 1 rings (SSSR count). The van der Waals surface area contributed by atoms with E-state index in [2.05, 4.69) is 70.0 Å². The van der Waals surface area contributed by atoms with Crippen molar-refractivity contribution in [2.75, 3.05) is 0 Å². The van der Waals surface area contributed by atoms with Gasteiger partial charge in [-0.3, -0.25) is 0 Å². The van der Waals surface area contributed by atoms with Gasteiger partial charge >= 0.3 is 0 Å². The second-order valence-electron chi connectivity index (χ2n) is 2.78. The van der Waals surface area contributed by atoms with Crippen LogP contribution < -0.4 is 10.4 Å². The van der Waals surface area contributed by atoms with Crippen LogP contribution in [0.3, 0.4) is 0 Å². The normalized spacial score (nSPS) is 14.6. The van der Waals surface area contributed by atoms with Gasteiger partial charge in [0.25, 0.3) is 0 Å². The van der Waals surface area contributed by atoms with Gasteiger partial charge in [0.05, 0.1) is 0 Å². The fourth-order valence-corrected chi connectivity index (χ4v) is 1.95. The van der Waals surface area contributed by atoms with Gasteiger partial charge in [0.2, 0.25) is 0 Å². The van der Waals surface area contributed by atoms with E-state index in [1.807, 2.05) is 0 Å². The summed E-state index contributed by atoms with van der Waals surface area (Å²) in [4.78, 5) is 0. The van der Waals surface area contributed by atoms with Gasteiger partial charge in [-0.15, -0.1) is 0 Å². The molecule has 0 N–H and O–H groups in total. The van der Waals surface area contributed by atoms with Crippen LogP contribution in [0.5, 0.6) is 0 Å². The fraction of sp³-hybridized carbons (Fsp3) is 0.273. The van der Waals surface area contributed by atoms with E-state index in [0.29, 0.717) is 0 Å². The van der Waals surface area contributed by atoms with E-state index in [0.717, 1.165) is 10.9 Å². The van der Waals surface area contributed by atoms with Gasteiger partial charge in [-0.25, -0.2) is 0 Å². The molecular weight excluding hydrogens is 292 g/mol. The molecule has 0 fully saturated rings. The first-order chi connectivity index (χ1) is 6.19.